The number of esters is 2. The van der Waals surface area contributed by atoms with E-state index in [1.807, 2.05) is 34.6 Å². The summed E-state index contributed by atoms with van der Waals surface area (Å²) in [6.07, 6.45) is -0.410. The molecule has 0 radical (unpaired) electrons. The third kappa shape index (κ3) is 8.74. The highest BCUT2D eigenvalue weighted by molar-refractivity contribution is 5.77. The summed E-state index contributed by atoms with van der Waals surface area (Å²) in [6, 6.07) is 7.09. The van der Waals surface area contributed by atoms with Crippen LogP contribution in [0, 0.1) is 10.8 Å². The fourth-order valence-electron chi connectivity index (χ4n) is 1.88. The maximum atomic E-state index is 12.2. The monoisotopic (exact) mass is 393 g/mol. The van der Waals surface area contributed by atoms with Gasteiger partial charge in [-0.05, 0) is 65.8 Å². The van der Waals surface area contributed by atoms with Crippen molar-refractivity contribution in [1.29, 1.82) is 0 Å². The van der Waals surface area contributed by atoms with Crippen molar-refractivity contribution in [1.82, 2.24) is 5.32 Å². The Morgan fingerprint density at radius 3 is 1.86 bits per heavy atom. The van der Waals surface area contributed by atoms with E-state index in [0.717, 1.165) is 0 Å². The molecule has 158 valence electrons. The largest absolute Gasteiger partial charge is 0.490 e. The lowest BCUT2D eigenvalue weighted by atomic mass is 9.97. The topological polar surface area (TPSA) is 73.9 Å². The van der Waals surface area contributed by atoms with Crippen molar-refractivity contribution in [2.24, 2.45) is 10.8 Å². The Kier molecular flexibility index (Phi) is 8.48. The maximum absolute atomic E-state index is 12.2. The van der Waals surface area contributed by atoms with Crippen LogP contribution in [0.1, 0.15) is 55.4 Å². The summed E-state index contributed by atoms with van der Waals surface area (Å²) in [5.74, 6) is 0.507. The molecule has 0 aliphatic carbocycles. The summed E-state index contributed by atoms with van der Waals surface area (Å²) >= 11 is 0. The van der Waals surface area contributed by atoms with Gasteiger partial charge in [0.2, 0.25) is 0 Å². The summed E-state index contributed by atoms with van der Waals surface area (Å²) < 4.78 is 16.7. The van der Waals surface area contributed by atoms with Gasteiger partial charge in [-0.15, -0.1) is 0 Å². The second kappa shape index (κ2) is 9.92. The molecule has 28 heavy (non-hydrogen) atoms. The van der Waals surface area contributed by atoms with Crippen LogP contribution < -0.4 is 14.8 Å². The Hall–Kier alpha value is -2.08. The van der Waals surface area contributed by atoms with Crippen LogP contribution in [0.5, 0.6) is 11.5 Å². The van der Waals surface area contributed by atoms with Gasteiger partial charge >= 0.3 is 11.9 Å². The molecule has 6 heteroatoms. The van der Waals surface area contributed by atoms with E-state index < -0.39 is 16.9 Å². The zero-order valence-electron chi connectivity index (χ0n) is 18.4. The van der Waals surface area contributed by atoms with Crippen LogP contribution in [0.15, 0.2) is 24.3 Å². The molecule has 1 unspecified atom stereocenters. The SMILES string of the molecule is CC(C)NCC(COc1ccc(OC(=O)C(C)(C)C)cc1)OC(=O)C(C)(C)C. The van der Waals surface area contributed by atoms with Crippen LogP contribution in [0.3, 0.4) is 0 Å². The molecule has 6 nitrogen and oxygen atoms in total. The molecule has 0 fully saturated rings. The zero-order chi connectivity index (χ0) is 21.5. The normalized spacial score (nSPS) is 13.2. The van der Waals surface area contributed by atoms with Crippen molar-refractivity contribution in [2.75, 3.05) is 13.2 Å². The third-order valence-electron chi connectivity index (χ3n) is 3.72. The second-order valence-electron chi connectivity index (χ2n) is 9.26. The standard InChI is InChI=1S/C22H35NO5/c1-15(2)23-13-18(28-20(25)22(6,7)8)14-26-16-9-11-17(12-10-16)27-19(24)21(3,4)5/h9-12,15,18,23H,13-14H2,1-8H3. The van der Waals surface area contributed by atoms with E-state index in [0.29, 0.717) is 18.0 Å². The number of hydrogen-bond acceptors (Lipinski definition) is 6. The van der Waals surface area contributed by atoms with Crippen molar-refractivity contribution in [3.8, 4) is 11.5 Å². The highest BCUT2D eigenvalue weighted by Crippen LogP contribution is 2.22. The Labute approximate surface area is 168 Å². The van der Waals surface area contributed by atoms with Gasteiger partial charge in [-0.3, -0.25) is 9.59 Å². The highest BCUT2D eigenvalue weighted by Gasteiger charge is 2.27. The van der Waals surface area contributed by atoms with Crippen LogP contribution in [0.4, 0.5) is 0 Å². The molecular formula is C22H35NO5. The number of carbonyl (C=O) groups excluding carboxylic acids is 2. The van der Waals surface area contributed by atoms with Gasteiger partial charge in [0.25, 0.3) is 0 Å². The number of rotatable bonds is 8. The average molecular weight is 394 g/mol. The van der Waals surface area contributed by atoms with E-state index in [1.54, 1.807) is 45.0 Å². The Morgan fingerprint density at radius 2 is 1.39 bits per heavy atom. The molecule has 0 aliphatic rings. The molecule has 0 spiro atoms. The molecule has 0 saturated carbocycles. The van der Waals surface area contributed by atoms with Gasteiger partial charge in [0.1, 0.15) is 24.2 Å². The van der Waals surface area contributed by atoms with E-state index in [-0.39, 0.29) is 24.6 Å². The summed E-state index contributed by atoms with van der Waals surface area (Å²) in [4.78, 5) is 24.1. The first-order valence-electron chi connectivity index (χ1n) is 9.68. The lowest BCUT2D eigenvalue weighted by molar-refractivity contribution is -0.160. The first-order valence-corrected chi connectivity index (χ1v) is 9.68. The van der Waals surface area contributed by atoms with Crippen molar-refractivity contribution >= 4 is 11.9 Å². The second-order valence-corrected chi connectivity index (χ2v) is 9.26. The third-order valence-corrected chi connectivity index (χ3v) is 3.72. The predicted molar refractivity (Wildman–Crippen MR) is 110 cm³/mol. The van der Waals surface area contributed by atoms with Gasteiger partial charge in [-0.1, -0.05) is 13.8 Å². The van der Waals surface area contributed by atoms with Crippen LogP contribution >= 0.6 is 0 Å². The van der Waals surface area contributed by atoms with Crippen molar-refractivity contribution < 1.29 is 23.8 Å². The lowest BCUT2D eigenvalue weighted by Crippen LogP contribution is -2.40. The Bertz CT molecular complexity index is 638. The zero-order valence-corrected chi connectivity index (χ0v) is 18.4. The van der Waals surface area contributed by atoms with Crippen LogP contribution in [0.25, 0.3) is 0 Å². The molecule has 0 aliphatic heterocycles. The molecular weight excluding hydrogens is 358 g/mol. The van der Waals surface area contributed by atoms with Crippen LogP contribution in [-0.4, -0.2) is 37.2 Å². The first-order chi connectivity index (χ1) is 12.8. The van der Waals surface area contributed by atoms with Crippen molar-refractivity contribution in [3.05, 3.63) is 24.3 Å². The van der Waals surface area contributed by atoms with E-state index in [1.165, 1.54) is 0 Å². The van der Waals surface area contributed by atoms with Crippen LogP contribution in [0.2, 0.25) is 0 Å². The lowest BCUT2D eigenvalue weighted by Gasteiger charge is -2.24. The molecule has 0 bridgehead atoms. The van der Waals surface area contributed by atoms with Gasteiger partial charge in [0, 0.05) is 12.6 Å². The summed E-state index contributed by atoms with van der Waals surface area (Å²) in [6.45, 7) is 15.7. The predicted octanol–water partition coefficient (Wildman–Crippen LogP) is 3.97. The molecule has 0 heterocycles. The van der Waals surface area contributed by atoms with E-state index in [4.69, 9.17) is 14.2 Å². The molecule has 0 saturated heterocycles. The minimum atomic E-state index is -0.575. The average Bonchev–Trinajstić information content (AvgIpc) is 2.56. The van der Waals surface area contributed by atoms with Gasteiger partial charge in [0.15, 0.2) is 0 Å². The molecule has 1 aromatic rings. The summed E-state index contributed by atoms with van der Waals surface area (Å²) in [5, 5.41) is 3.27. The molecule has 0 amide bonds. The van der Waals surface area contributed by atoms with Crippen molar-refractivity contribution in [3.63, 3.8) is 0 Å². The first kappa shape index (κ1) is 24.0. The number of benzene rings is 1. The summed E-state index contributed by atoms with van der Waals surface area (Å²) in [5.41, 5.74) is -1.14. The number of nitrogens with one attached hydrogen (secondary N) is 1. The highest BCUT2D eigenvalue weighted by atomic mass is 16.6. The Morgan fingerprint density at radius 1 is 0.893 bits per heavy atom. The maximum Gasteiger partial charge on any atom is 0.316 e. The van der Waals surface area contributed by atoms with Gasteiger partial charge in [-0.2, -0.15) is 0 Å². The molecule has 1 atom stereocenters. The van der Waals surface area contributed by atoms with E-state index in [2.05, 4.69) is 5.32 Å². The molecule has 1 aromatic carbocycles. The molecule has 1 rings (SSSR count). The smallest absolute Gasteiger partial charge is 0.316 e. The van der Waals surface area contributed by atoms with E-state index in [9.17, 15) is 9.59 Å². The Balaban J connectivity index is 2.67. The number of hydrogen-bond donors (Lipinski definition) is 1. The van der Waals surface area contributed by atoms with Gasteiger partial charge < -0.3 is 19.5 Å². The number of ether oxygens (including phenoxy) is 3. The fourth-order valence-corrected chi connectivity index (χ4v) is 1.88. The summed E-state index contributed by atoms with van der Waals surface area (Å²) in [7, 11) is 0. The van der Waals surface area contributed by atoms with Crippen molar-refractivity contribution in [2.45, 2.75) is 67.5 Å². The van der Waals surface area contributed by atoms with Gasteiger partial charge in [0.05, 0.1) is 10.8 Å². The van der Waals surface area contributed by atoms with E-state index >= 15 is 0 Å². The minimum Gasteiger partial charge on any atom is -0.490 e. The van der Waals surface area contributed by atoms with Crippen LogP contribution in [-0.2, 0) is 14.3 Å². The minimum absolute atomic E-state index is 0.225. The number of carbonyl (C=O) groups is 2. The quantitative estimate of drug-likeness (QED) is 0.532. The van der Waals surface area contributed by atoms with Gasteiger partial charge in [-0.25, -0.2) is 0 Å². The molecule has 1 N–H and O–H groups in total. The fraction of sp³-hybridized carbons (Fsp3) is 0.636. The molecule has 0 aromatic heterocycles.